The highest BCUT2D eigenvalue weighted by atomic mass is 32.2. The average Bonchev–Trinajstić information content (AvgIpc) is 3.14. The number of piperazine rings is 1. The van der Waals surface area contributed by atoms with E-state index in [2.05, 4.69) is 29.2 Å². The van der Waals surface area contributed by atoms with Crippen molar-refractivity contribution in [3.8, 4) is 5.75 Å². The van der Waals surface area contributed by atoms with Crippen LogP contribution in [0.4, 0.5) is 5.69 Å². The molecule has 7 heteroatoms. The Hall–Kier alpha value is -3.55. The Balaban J connectivity index is 1.39. The number of carbonyl (C=O) groups excluding carboxylic acids is 2. The van der Waals surface area contributed by atoms with Crippen LogP contribution in [0.25, 0.3) is 0 Å². The van der Waals surface area contributed by atoms with Crippen molar-refractivity contribution in [3.05, 3.63) is 101 Å². The van der Waals surface area contributed by atoms with E-state index in [4.69, 9.17) is 4.74 Å². The summed E-state index contributed by atoms with van der Waals surface area (Å²) >= 11 is 1.37. The number of nitrogens with zero attached hydrogens (tertiary/aromatic N) is 2. The van der Waals surface area contributed by atoms with Crippen molar-refractivity contribution in [2.45, 2.75) is 11.4 Å². The predicted octanol–water partition coefficient (Wildman–Crippen LogP) is 2.97. The predicted molar refractivity (Wildman–Crippen MR) is 137 cm³/mol. The molecule has 0 bridgehead atoms. The van der Waals surface area contributed by atoms with Gasteiger partial charge in [-0.05, 0) is 36.4 Å². The molecular formula is C28H28N3O3S+. The molecule has 2 aliphatic rings. The van der Waals surface area contributed by atoms with Crippen LogP contribution in [0.15, 0.2) is 100 Å². The lowest BCUT2D eigenvalue weighted by Gasteiger charge is -2.34. The van der Waals surface area contributed by atoms with Crippen molar-refractivity contribution in [1.29, 1.82) is 0 Å². The molecule has 5 rings (SSSR count). The molecule has 178 valence electrons. The van der Waals surface area contributed by atoms with Crippen LogP contribution in [0.2, 0.25) is 0 Å². The van der Waals surface area contributed by atoms with E-state index in [1.165, 1.54) is 27.1 Å². The van der Waals surface area contributed by atoms with Gasteiger partial charge >= 0.3 is 0 Å². The fourth-order valence-corrected chi connectivity index (χ4v) is 5.57. The van der Waals surface area contributed by atoms with Gasteiger partial charge in [0.15, 0.2) is 0 Å². The first kappa shape index (κ1) is 23.2. The minimum atomic E-state index is -0.275. The summed E-state index contributed by atoms with van der Waals surface area (Å²) in [7, 11) is 1.59. The van der Waals surface area contributed by atoms with E-state index in [9.17, 15) is 9.59 Å². The lowest BCUT2D eigenvalue weighted by atomic mass is 10.2. The summed E-state index contributed by atoms with van der Waals surface area (Å²) in [5.41, 5.74) is 2.38. The highest BCUT2D eigenvalue weighted by Crippen LogP contribution is 2.38. The van der Waals surface area contributed by atoms with Crippen LogP contribution in [0, 0.1) is 0 Å². The number of methoxy groups -OCH3 is 1. The topological polar surface area (TPSA) is 54.3 Å². The molecule has 1 N–H and O–H groups in total. The smallest absolute Gasteiger partial charge is 0.283 e. The van der Waals surface area contributed by atoms with E-state index in [1.54, 1.807) is 31.4 Å². The quantitative estimate of drug-likeness (QED) is 0.521. The highest BCUT2D eigenvalue weighted by molar-refractivity contribution is 8.04. The number of nitrogens with one attached hydrogen (secondary N) is 1. The van der Waals surface area contributed by atoms with Gasteiger partial charge in [0.2, 0.25) is 0 Å². The number of amides is 2. The van der Waals surface area contributed by atoms with Crippen LogP contribution in [0.1, 0.15) is 5.56 Å². The summed E-state index contributed by atoms with van der Waals surface area (Å²) in [4.78, 5) is 33.6. The molecule has 0 unspecified atom stereocenters. The number of quaternary nitrogens is 1. The molecule has 1 fully saturated rings. The lowest BCUT2D eigenvalue weighted by Crippen LogP contribution is -3.13. The molecule has 3 aromatic rings. The summed E-state index contributed by atoms with van der Waals surface area (Å²) in [6, 6.07) is 27.3. The van der Waals surface area contributed by atoms with Gasteiger partial charge in [0, 0.05) is 10.5 Å². The van der Waals surface area contributed by atoms with Gasteiger partial charge in [-0.25, -0.2) is 4.90 Å². The first-order valence-corrected chi connectivity index (χ1v) is 12.6. The fraction of sp³-hybridized carbons (Fsp3) is 0.214. The zero-order valence-corrected chi connectivity index (χ0v) is 20.5. The summed E-state index contributed by atoms with van der Waals surface area (Å²) in [6.07, 6.45) is 0. The van der Waals surface area contributed by atoms with Crippen LogP contribution in [-0.2, 0) is 16.1 Å². The maximum absolute atomic E-state index is 13.7. The minimum absolute atomic E-state index is 0.259. The number of carbonyl (C=O) groups is 2. The van der Waals surface area contributed by atoms with Crippen molar-refractivity contribution >= 4 is 29.3 Å². The van der Waals surface area contributed by atoms with Gasteiger partial charge in [-0.1, -0.05) is 60.3 Å². The third-order valence-corrected chi connectivity index (χ3v) is 7.48. The molecule has 6 nitrogen and oxygen atoms in total. The lowest BCUT2D eigenvalue weighted by molar-refractivity contribution is -0.917. The Morgan fingerprint density at radius 2 is 1.46 bits per heavy atom. The standard InChI is InChI=1S/C28H27N3O3S/c1-34-23-14-12-22(13-15-23)31-27(32)25(26(28(31)33)35-24-10-6-3-7-11-24)30-18-16-29(17-19-30)20-21-8-4-2-5-9-21/h2-15H,16-20H2,1H3/p+1. The molecule has 35 heavy (non-hydrogen) atoms. The zero-order valence-electron chi connectivity index (χ0n) is 19.6. The monoisotopic (exact) mass is 486 g/mol. The van der Waals surface area contributed by atoms with Gasteiger partial charge in [0.1, 0.15) is 22.9 Å². The number of rotatable bonds is 7. The minimum Gasteiger partial charge on any atom is -0.497 e. The number of anilines is 1. The van der Waals surface area contributed by atoms with E-state index < -0.39 is 0 Å². The number of hydrogen-bond acceptors (Lipinski definition) is 5. The molecule has 2 aliphatic heterocycles. The maximum atomic E-state index is 13.7. The number of ether oxygens (including phenoxy) is 1. The third-order valence-electron chi connectivity index (χ3n) is 6.40. The van der Waals surface area contributed by atoms with Crippen molar-refractivity contribution < 1.29 is 19.2 Å². The number of imide groups is 1. The van der Waals surface area contributed by atoms with Crippen LogP contribution < -0.4 is 14.5 Å². The molecule has 0 aliphatic carbocycles. The Morgan fingerprint density at radius 3 is 2.09 bits per heavy atom. The third kappa shape index (κ3) is 4.97. The van der Waals surface area contributed by atoms with E-state index in [-0.39, 0.29) is 11.8 Å². The average molecular weight is 487 g/mol. The summed E-state index contributed by atoms with van der Waals surface area (Å²) in [5.74, 6) is 0.144. The Labute approximate surface area is 209 Å². The Bertz CT molecular complexity index is 1220. The molecule has 0 saturated carbocycles. The van der Waals surface area contributed by atoms with Crippen LogP contribution in [-0.4, -0.2) is 50.0 Å². The normalized spacial score (nSPS) is 16.8. The van der Waals surface area contributed by atoms with Crippen molar-refractivity contribution in [1.82, 2.24) is 4.90 Å². The molecule has 2 amide bonds. The van der Waals surface area contributed by atoms with Crippen LogP contribution in [0.3, 0.4) is 0 Å². The highest BCUT2D eigenvalue weighted by Gasteiger charge is 2.43. The van der Waals surface area contributed by atoms with E-state index >= 15 is 0 Å². The number of thioether (sulfide) groups is 1. The molecule has 0 atom stereocenters. The van der Waals surface area contributed by atoms with Crippen molar-refractivity contribution in [2.75, 3.05) is 38.2 Å². The van der Waals surface area contributed by atoms with Crippen LogP contribution >= 0.6 is 11.8 Å². The molecule has 0 spiro atoms. The van der Waals surface area contributed by atoms with Gasteiger partial charge < -0.3 is 14.5 Å². The van der Waals surface area contributed by atoms with Gasteiger partial charge in [0.25, 0.3) is 11.8 Å². The fourth-order valence-electron chi connectivity index (χ4n) is 4.55. The molecular weight excluding hydrogens is 458 g/mol. The number of benzene rings is 3. The van der Waals surface area contributed by atoms with E-state index in [1.807, 2.05) is 36.4 Å². The SMILES string of the molecule is COc1ccc(N2C(=O)C(Sc3ccccc3)=C(N3CC[NH+](Cc4ccccc4)CC3)C2=O)cc1. The van der Waals surface area contributed by atoms with Gasteiger partial charge in [-0.3, -0.25) is 9.59 Å². The van der Waals surface area contributed by atoms with E-state index in [0.717, 1.165) is 37.6 Å². The Morgan fingerprint density at radius 1 is 0.829 bits per heavy atom. The molecule has 0 radical (unpaired) electrons. The van der Waals surface area contributed by atoms with E-state index in [0.29, 0.717) is 22.0 Å². The molecule has 0 aromatic heterocycles. The van der Waals surface area contributed by atoms with Gasteiger partial charge in [-0.15, -0.1) is 0 Å². The summed E-state index contributed by atoms with van der Waals surface area (Å²) in [5, 5.41) is 0. The number of hydrogen-bond donors (Lipinski definition) is 1. The first-order valence-electron chi connectivity index (χ1n) is 11.8. The van der Waals surface area contributed by atoms with Gasteiger partial charge in [0.05, 0.1) is 39.0 Å². The molecule has 2 heterocycles. The van der Waals surface area contributed by atoms with Crippen LogP contribution in [0.5, 0.6) is 5.75 Å². The molecule has 3 aromatic carbocycles. The zero-order chi connectivity index (χ0) is 24.2. The van der Waals surface area contributed by atoms with Crippen molar-refractivity contribution in [2.24, 2.45) is 0 Å². The second-order valence-electron chi connectivity index (χ2n) is 8.64. The largest absolute Gasteiger partial charge is 0.497 e. The second-order valence-corrected chi connectivity index (χ2v) is 9.72. The summed E-state index contributed by atoms with van der Waals surface area (Å²) in [6.45, 7) is 4.24. The first-order chi connectivity index (χ1) is 17.1. The summed E-state index contributed by atoms with van der Waals surface area (Å²) < 4.78 is 5.24. The molecule has 1 saturated heterocycles. The Kier molecular flexibility index (Phi) is 6.88. The van der Waals surface area contributed by atoms with Crippen molar-refractivity contribution in [3.63, 3.8) is 0 Å². The van der Waals surface area contributed by atoms with Gasteiger partial charge in [-0.2, -0.15) is 0 Å². The maximum Gasteiger partial charge on any atom is 0.283 e. The second kappa shape index (κ2) is 10.4.